The van der Waals surface area contributed by atoms with Crippen LogP contribution in [0.5, 0.6) is 0 Å². The maximum absolute atomic E-state index is 12.7. The Balaban J connectivity index is 1.66. The number of pyridine rings is 1. The van der Waals surface area contributed by atoms with E-state index in [9.17, 15) is 4.79 Å². The van der Waals surface area contributed by atoms with Gasteiger partial charge in [-0.3, -0.25) is 4.79 Å². The second-order valence-electron chi connectivity index (χ2n) is 6.06. The number of rotatable bonds is 5. The van der Waals surface area contributed by atoms with E-state index in [2.05, 4.69) is 27.6 Å². The van der Waals surface area contributed by atoms with Crippen molar-refractivity contribution in [2.24, 2.45) is 0 Å². The SMILES string of the molecule is O=C(Nc1ccccn1)c1cnoc1-c1ccccc1Cc1ccccc1. The van der Waals surface area contributed by atoms with Crippen LogP contribution in [-0.4, -0.2) is 16.0 Å². The zero-order valence-corrected chi connectivity index (χ0v) is 14.5. The van der Waals surface area contributed by atoms with E-state index >= 15 is 0 Å². The standard InChI is InChI=1S/C22H17N3O2/c26-22(25-20-12-6-7-13-23-20)19-15-24-27-21(19)18-11-5-4-10-17(18)14-16-8-2-1-3-9-16/h1-13,15H,14H2,(H,23,25,26). The number of hydrogen-bond donors (Lipinski definition) is 1. The van der Waals surface area contributed by atoms with Gasteiger partial charge in [0.15, 0.2) is 5.76 Å². The number of carbonyl (C=O) groups excluding carboxylic acids is 1. The molecule has 0 aliphatic carbocycles. The van der Waals surface area contributed by atoms with Crippen molar-refractivity contribution in [3.63, 3.8) is 0 Å². The molecule has 27 heavy (non-hydrogen) atoms. The minimum Gasteiger partial charge on any atom is -0.355 e. The number of anilines is 1. The highest BCUT2D eigenvalue weighted by Crippen LogP contribution is 2.29. The maximum Gasteiger partial charge on any atom is 0.262 e. The van der Waals surface area contributed by atoms with Crippen LogP contribution < -0.4 is 5.32 Å². The first-order valence-corrected chi connectivity index (χ1v) is 8.60. The Hall–Kier alpha value is -3.73. The molecular weight excluding hydrogens is 338 g/mol. The Morgan fingerprint density at radius 1 is 0.926 bits per heavy atom. The van der Waals surface area contributed by atoms with Crippen LogP contribution >= 0.6 is 0 Å². The van der Waals surface area contributed by atoms with Gasteiger partial charge in [0.1, 0.15) is 11.4 Å². The molecule has 5 heteroatoms. The monoisotopic (exact) mass is 355 g/mol. The van der Waals surface area contributed by atoms with Gasteiger partial charge in [0.05, 0.1) is 6.20 Å². The van der Waals surface area contributed by atoms with Crippen molar-refractivity contribution in [2.45, 2.75) is 6.42 Å². The lowest BCUT2D eigenvalue weighted by Gasteiger charge is -2.09. The molecule has 0 unspecified atom stereocenters. The van der Waals surface area contributed by atoms with Crippen LogP contribution in [0.15, 0.2) is 89.7 Å². The third-order valence-electron chi connectivity index (χ3n) is 4.22. The molecule has 0 radical (unpaired) electrons. The molecular formula is C22H17N3O2. The fourth-order valence-electron chi connectivity index (χ4n) is 2.93. The summed E-state index contributed by atoms with van der Waals surface area (Å²) in [6.45, 7) is 0. The van der Waals surface area contributed by atoms with E-state index in [1.54, 1.807) is 18.3 Å². The summed E-state index contributed by atoms with van der Waals surface area (Å²) in [6.07, 6.45) is 3.80. The number of benzene rings is 2. The molecule has 0 bridgehead atoms. The zero-order chi connectivity index (χ0) is 18.5. The fraction of sp³-hybridized carbons (Fsp3) is 0.0455. The molecule has 2 heterocycles. The summed E-state index contributed by atoms with van der Waals surface area (Å²) < 4.78 is 5.46. The fourth-order valence-corrected chi connectivity index (χ4v) is 2.93. The number of nitrogens with zero attached hydrogens (tertiary/aromatic N) is 2. The van der Waals surface area contributed by atoms with Gasteiger partial charge in [0, 0.05) is 11.8 Å². The Morgan fingerprint density at radius 2 is 1.70 bits per heavy atom. The predicted molar refractivity (Wildman–Crippen MR) is 103 cm³/mol. The average Bonchev–Trinajstić information content (AvgIpc) is 3.20. The molecule has 2 aromatic carbocycles. The van der Waals surface area contributed by atoms with E-state index in [-0.39, 0.29) is 5.91 Å². The Labute approximate surface area is 156 Å². The molecule has 0 spiro atoms. The predicted octanol–water partition coefficient (Wildman–Crippen LogP) is 4.58. The second kappa shape index (κ2) is 7.66. The van der Waals surface area contributed by atoms with Crippen LogP contribution in [0, 0.1) is 0 Å². The van der Waals surface area contributed by atoms with Crippen molar-refractivity contribution >= 4 is 11.7 Å². The smallest absolute Gasteiger partial charge is 0.262 e. The average molecular weight is 355 g/mol. The Bertz CT molecular complexity index is 1040. The van der Waals surface area contributed by atoms with Gasteiger partial charge in [-0.1, -0.05) is 65.8 Å². The van der Waals surface area contributed by atoms with Crippen LogP contribution in [0.3, 0.4) is 0 Å². The highest BCUT2D eigenvalue weighted by Gasteiger charge is 2.20. The van der Waals surface area contributed by atoms with Gasteiger partial charge in [-0.05, 0) is 29.7 Å². The largest absolute Gasteiger partial charge is 0.355 e. The first-order chi connectivity index (χ1) is 13.3. The summed E-state index contributed by atoms with van der Waals surface area (Å²) in [6, 6.07) is 23.4. The van der Waals surface area contributed by atoms with E-state index in [0.29, 0.717) is 17.1 Å². The molecule has 0 aliphatic heterocycles. The van der Waals surface area contributed by atoms with Gasteiger partial charge in [-0.25, -0.2) is 4.98 Å². The highest BCUT2D eigenvalue weighted by molar-refractivity contribution is 6.07. The van der Waals surface area contributed by atoms with Gasteiger partial charge >= 0.3 is 0 Å². The topological polar surface area (TPSA) is 68.0 Å². The van der Waals surface area contributed by atoms with E-state index in [1.807, 2.05) is 48.5 Å². The Morgan fingerprint density at radius 3 is 2.52 bits per heavy atom. The van der Waals surface area contributed by atoms with Crippen LogP contribution in [0.4, 0.5) is 5.82 Å². The van der Waals surface area contributed by atoms with E-state index in [1.165, 1.54) is 11.8 Å². The lowest BCUT2D eigenvalue weighted by Crippen LogP contribution is -2.13. The highest BCUT2D eigenvalue weighted by atomic mass is 16.5. The molecule has 4 aromatic rings. The zero-order valence-electron chi connectivity index (χ0n) is 14.5. The third kappa shape index (κ3) is 3.77. The summed E-state index contributed by atoms with van der Waals surface area (Å²) in [5.74, 6) is 0.627. The quantitative estimate of drug-likeness (QED) is 0.569. The lowest BCUT2D eigenvalue weighted by molar-refractivity contribution is 0.102. The van der Waals surface area contributed by atoms with Crippen molar-refractivity contribution in [3.8, 4) is 11.3 Å². The molecule has 5 nitrogen and oxygen atoms in total. The number of aromatic nitrogens is 2. The summed E-state index contributed by atoms with van der Waals surface area (Å²) in [4.78, 5) is 16.8. The molecule has 0 aliphatic rings. The van der Waals surface area contributed by atoms with Crippen LogP contribution in [0.2, 0.25) is 0 Å². The van der Waals surface area contributed by atoms with Crippen molar-refractivity contribution in [3.05, 3.63) is 102 Å². The number of amides is 1. The maximum atomic E-state index is 12.7. The van der Waals surface area contributed by atoms with Gasteiger partial charge in [0.25, 0.3) is 5.91 Å². The normalized spacial score (nSPS) is 10.5. The van der Waals surface area contributed by atoms with Crippen molar-refractivity contribution < 1.29 is 9.32 Å². The van der Waals surface area contributed by atoms with Gasteiger partial charge < -0.3 is 9.84 Å². The molecule has 0 atom stereocenters. The molecule has 0 saturated carbocycles. The number of hydrogen-bond acceptors (Lipinski definition) is 4. The van der Waals surface area contributed by atoms with Gasteiger partial charge in [-0.2, -0.15) is 0 Å². The van der Waals surface area contributed by atoms with Crippen LogP contribution in [0.1, 0.15) is 21.5 Å². The van der Waals surface area contributed by atoms with Crippen molar-refractivity contribution in [1.82, 2.24) is 10.1 Å². The second-order valence-corrected chi connectivity index (χ2v) is 6.06. The summed E-state index contributed by atoms with van der Waals surface area (Å²) in [7, 11) is 0. The molecule has 1 N–H and O–H groups in total. The first-order valence-electron chi connectivity index (χ1n) is 8.60. The van der Waals surface area contributed by atoms with Gasteiger partial charge in [0.2, 0.25) is 0 Å². The Kier molecular flexibility index (Phi) is 4.74. The number of carbonyl (C=O) groups is 1. The molecule has 0 fully saturated rings. The van der Waals surface area contributed by atoms with Crippen LogP contribution in [-0.2, 0) is 6.42 Å². The third-order valence-corrected chi connectivity index (χ3v) is 4.22. The minimum absolute atomic E-state index is 0.306. The molecule has 0 saturated heterocycles. The lowest BCUT2D eigenvalue weighted by atomic mass is 9.97. The van der Waals surface area contributed by atoms with E-state index in [0.717, 1.165) is 17.5 Å². The van der Waals surface area contributed by atoms with Gasteiger partial charge in [-0.15, -0.1) is 0 Å². The van der Waals surface area contributed by atoms with E-state index in [4.69, 9.17) is 4.52 Å². The number of nitrogens with one attached hydrogen (secondary N) is 1. The van der Waals surface area contributed by atoms with E-state index < -0.39 is 0 Å². The summed E-state index contributed by atoms with van der Waals surface area (Å²) in [5, 5.41) is 6.63. The minimum atomic E-state index is -0.306. The van der Waals surface area contributed by atoms with Crippen molar-refractivity contribution in [2.75, 3.05) is 5.32 Å². The molecule has 4 rings (SSSR count). The summed E-state index contributed by atoms with van der Waals surface area (Å²) >= 11 is 0. The summed E-state index contributed by atoms with van der Waals surface area (Å²) in [5.41, 5.74) is 3.47. The van der Waals surface area contributed by atoms with Crippen molar-refractivity contribution in [1.29, 1.82) is 0 Å². The molecule has 132 valence electrons. The molecule has 2 aromatic heterocycles. The molecule has 1 amide bonds. The first kappa shape index (κ1) is 16.7. The van der Waals surface area contributed by atoms with Crippen LogP contribution in [0.25, 0.3) is 11.3 Å².